The van der Waals surface area contributed by atoms with Crippen LogP contribution in [0.15, 0.2) is 61.1 Å². The number of benzene rings is 3. The number of ether oxygens (including phenoxy) is 1. The monoisotopic (exact) mass is 910 g/mol. The van der Waals surface area contributed by atoms with Gasteiger partial charge < -0.3 is 35.4 Å². The molecular weight excluding hydrogens is 860 g/mol. The summed E-state index contributed by atoms with van der Waals surface area (Å²) in [6.07, 6.45) is 9.78. The van der Waals surface area contributed by atoms with Gasteiger partial charge in [-0.2, -0.15) is 4.98 Å². The number of carbonyl (C=O) groups is 3. The highest BCUT2D eigenvalue weighted by Gasteiger charge is 2.40. The molecule has 3 aliphatic rings. The maximum absolute atomic E-state index is 13.3. The van der Waals surface area contributed by atoms with Gasteiger partial charge in [-0.15, -0.1) is 0 Å². The van der Waals surface area contributed by atoms with Crippen molar-refractivity contribution in [2.24, 2.45) is 0 Å². The summed E-state index contributed by atoms with van der Waals surface area (Å²) in [6.45, 7) is 5.86. The summed E-state index contributed by atoms with van der Waals surface area (Å²) in [5.41, 5.74) is 6.77. The standard InChI is InChI=1S/C44H51ClN12O6S/c1-5-26-22-34(51-44-49-24-30(45)41(53-44)50-33-11-10-32-39(48-18-17-47-32)40(33)54-64(4,61)62)37(63-3)23-36(26)56-20-14-27(15-21-56)55(2)19-7-16-46-31-9-6-8-28-29(31)25-57(43(28)60)35-12-13-38(58)52-42(35)59/h6,8-11,17-18,22-24,27,35,46,54H,5,7,12-16,19-21,25H2,1-4H3,(H,52,58,59)(H2,49,50,51,53). The van der Waals surface area contributed by atoms with Gasteiger partial charge in [0.2, 0.25) is 27.8 Å². The van der Waals surface area contributed by atoms with E-state index in [-0.39, 0.29) is 40.7 Å². The second-order valence-electron chi connectivity index (χ2n) is 16.2. The third kappa shape index (κ3) is 9.60. The smallest absolute Gasteiger partial charge is 0.255 e. The first-order valence-corrected chi connectivity index (χ1v) is 23.5. The molecule has 3 aliphatic heterocycles. The Labute approximate surface area is 376 Å². The van der Waals surface area contributed by atoms with Gasteiger partial charge in [-0.1, -0.05) is 24.6 Å². The van der Waals surface area contributed by atoms with Gasteiger partial charge in [-0.3, -0.25) is 34.4 Å². The number of imide groups is 1. The molecule has 5 N–H and O–H groups in total. The minimum Gasteiger partial charge on any atom is -0.494 e. The zero-order valence-electron chi connectivity index (χ0n) is 36.1. The number of nitrogens with zero attached hydrogens (tertiary/aromatic N) is 7. The maximum Gasteiger partial charge on any atom is 0.255 e. The second kappa shape index (κ2) is 18.8. The fourth-order valence-corrected chi connectivity index (χ4v) is 9.40. The van der Waals surface area contributed by atoms with E-state index in [9.17, 15) is 22.8 Å². The number of aromatic nitrogens is 4. The number of fused-ring (bicyclic) bond motifs is 2. The van der Waals surface area contributed by atoms with Gasteiger partial charge in [0.1, 0.15) is 22.3 Å². The van der Waals surface area contributed by atoms with Crippen molar-refractivity contribution in [2.75, 3.05) is 72.2 Å². The highest BCUT2D eigenvalue weighted by Crippen LogP contribution is 2.39. The van der Waals surface area contributed by atoms with Crippen LogP contribution in [0.25, 0.3) is 11.0 Å². The van der Waals surface area contributed by atoms with E-state index in [0.717, 1.165) is 80.6 Å². The molecule has 2 fully saturated rings. The normalized spacial score (nSPS) is 16.8. The molecule has 8 rings (SSSR count). The van der Waals surface area contributed by atoms with Gasteiger partial charge in [0, 0.05) is 79.6 Å². The van der Waals surface area contributed by atoms with Crippen LogP contribution in [0.3, 0.4) is 0 Å². The Balaban J connectivity index is 0.871. The predicted octanol–water partition coefficient (Wildman–Crippen LogP) is 5.67. The minimum atomic E-state index is -3.68. The van der Waals surface area contributed by atoms with Crippen molar-refractivity contribution in [3.05, 3.63) is 82.8 Å². The molecule has 2 saturated heterocycles. The molecular formula is C44H51ClN12O6S. The van der Waals surface area contributed by atoms with Crippen LogP contribution in [0.4, 0.5) is 40.2 Å². The summed E-state index contributed by atoms with van der Waals surface area (Å²) in [5, 5.41) is 12.6. The number of aryl methyl sites for hydroxylation is 1. The minimum absolute atomic E-state index is 0.176. The number of piperidine rings is 2. The SMILES string of the molecule is CCc1cc(Nc2ncc(Cl)c(Nc3ccc4nccnc4c3NS(C)(=O)=O)n2)c(OC)cc1N1CCC(N(C)CCCNc2cccc3c2CN(C2CCC(=O)NC2=O)C3=O)CC1. The second-order valence-corrected chi connectivity index (χ2v) is 18.3. The first kappa shape index (κ1) is 44.3. The van der Waals surface area contributed by atoms with Crippen LogP contribution in [-0.2, 0) is 32.6 Å². The van der Waals surface area contributed by atoms with Crippen LogP contribution in [0.5, 0.6) is 5.75 Å². The van der Waals surface area contributed by atoms with Crippen molar-refractivity contribution in [2.45, 2.75) is 64.1 Å². The summed E-state index contributed by atoms with van der Waals surface area (Å²) in [4.78, 5) is 61.6. The summed E-state index contributed by atoms with van der Waals surface area (Å²) >= 11 is 6.56. The quantitative estimate of drug-likeness (QED) is 0.0596. The van der Waals surface area contributed by atoms with Crippen molar-refractivity contribution in [3.8, 4) is 5.75 Å². The maximum atomic E-state index is 13.3. The molecule has 5 heterocycles. The lowest BCUT2D eigenvalue weighted by atomic mass is 10.00. The van der Waals surface area contributed by atoms with Crippen LogP contribution < -0.4 is 35.6 Å². The molecule has 20 heteroatoms. The largest absolute Gasteiger partial charge is 0.494 e. The molecule has 18 nitrogen and oxygen atoms in total. The van der Waals surface area contributed by atoms with Crippen LogP contribution in [-0.4, -0.2) is 115 Å². The van der Waals surface area contributed by atoms with E-state index >= 15 is 0 Å². The molecule has 2 aromatic heterocycles. The molecule has 0 spiro atoms. The molecule has 3 aromatic carbocycles. The summed E-state index contributed by atoms with van der Waals surface area (Å²) in [6, 6.07) is 12.9. The molecule has 5 aromatic rings. The number of hydrogen-bond acceptors (Lipinski definition) is 15. The Morgan fingerprint density at radius 1 is 0.984 bits per heavy atom. The fraction of sp³-hybridized carbons (Fsp3) is 0.386. The van der Waals surface area contributed by atoms with Crippen molar-refractivity contribution < 1.29 is 27.5 Å². The third-order valence-electron chi connectivity index (χ3n) is 12.0. The third-order valence-corrected chi connectivity index (χ3v) is 12.8. The number of hydrogen-bond donors (Lipinski definition) is 5. The summed E-state index contributed by atoms with van der Waals surface area (Å²) < 4.78 is 33.1. The molecule has 0 radical (unpaired) electrons. The first-order valence-electron chi connectivity index (χ1n) is 21.2. The predicted molar refractivity (Wildman–Crippen MR) is 247 cm³/mol. The van der Waals surface area contributed by atoms with E-state index < -0.39 is 22.0 Å². The first-order chi connectivity index (χ1) is 30.8. The molecule has 1 atom stereocenters. The number of sulfonamides is 1. The lowest BCUT2D eigenvalue weighted by Crippen LogP contribution is -2.52. The van der Waals surface area contributed by atoms with E-state index in [0.29, 0.717) is 52.7 Å². The molecule has 0 aliphatic carbocycles. The number of nitrogens with one attached hydrogen (secondary N) is 5. The Bertz CT molecular complexity index is 2720. The van der Waals surface area contributed by atoms with E-state index in [2.05, 4.69) is 81.8 Å². The van der Waals surface area contributed by atoms with Crippen molar-refractivity contribution in [3.63, 3.8) is 0 Å². The topological polar surface area (TPSA) is 216 Å². The van der Waals surface area contributed by atoms with Crippen molar-refractivity contribution >= 4 is 90.6 Å². The summed E-state index contributed by atoms with van der Waals surface area (Å²) in [7, 11) is 0.131. The zero-order valence-corrected chi connectivity index (χ0v) is 37.6. The van der Waals surface area contributed by atoms with Gasteiger partial charge in [0.15, 0.2) is 5.82 Å². The van der Waals surface area contributed by atoms with Crippen molar-refractivity contribution in [1.29, 1.82) is 0 Å². The van der Waals surface area contributed by atoms with Crippen LogP contribution in [0.1, 0.15) is 60.5 Å². The molecule has 0 saturated carbocycles. The van der Waals surface area contributed by atoms with Gasteiger partial charge in [0.05, 0.1) is 42.1 Å². The van der Waals surface area contributed by atoms with Gasteiger partial charge in [-0.05, 0) is 81.6 Å². The van der Waals surface area contributed by atoms with E-state index in [1.807, 2.05) is 12.1 Å². The van der Waals surface area contributed by atoms with E-state index in [1.165, 1.54) is 18.6 Å². The Morgan fingerprint density at radius 2 is 1.78 bits per heavy atom. The molecule has 0 bridgehead atoms. The lowest BCUT2D eigenvalue weighted by Gasteiger charge is -2.39. The van der Waals surface area contributed by atoms with Gasteiger partial charge in [0.25, 0.3) is 5.91 Å². The zero-order chi connectivity index (χ0) is 45.1. The Morgan fingerprint density at radius 3 is 2.53 bits per heavy atom. The van der Waals surface area contributed by atoms with E-state index in [1.54, 1.807) is 30.2 Å². The number of methoxy groups -OCH3 is 1. The molecule has 64 heavy (non-hydrogen) atoms. The fourth-order valence-electron chi connectivity index (χ4n) is 8.68. The van der Waals surface area contributed by atoms with Gasteiger partial charge in [-0.25, -0.2) is 13.4 Å². The lowest BCUT2D eigenvalue weighted by molar-refractivity contribution is -0.136. The van der Waals surface area contributed by atoms with Crippen LogP contribution in [0, 0.1) is 0 Å². The van der Waals surface area contributed by atoms with Crippen LogP contribution >= 0.6 is 11.6 Å². The highest BCUT2D eigenvalue weighted by molar-refractivity contribution is 7.92. The number of rotatable bonds is 16. The van der Waals surface area contributed by atoms with Crippen molar-refractivity contribution in [1.82, 2.24) is 35.1 Å². The molecule has 336 valence electrons. The number of anilines is 7. The van der Waals surface area contributed by atoms with Crippen LogP contribution in [0.2, 0.25) is 5.02 Å². The number of amides is 3. The average molecular weight is 911 g/mol. The Kier molecular flexibility index (Phi) is 13.0. The number of carbonyl (C=O) groups excluding carboxylic acids is 3. The molecule has 3 amide bonds. The average Bonchev–Trinajstić information content (AvgIpc) is 3.62. The highest BCUT2D eigenvalue weighted by atomic mass is 35.5. The van der Waals surface area contributed by atoms with E-state index in [4.69, 9.17) is 16.3 Å². The Hall–Kier alpha value is -6.31. The summed E-state index contributed by atoms with van der Waals surface area (Å²) in [5.74, 6) is 0.225. The number of halogens is 1. The van der Waals surface area contributed by atoms with Gasteiger partial charge >= 0.3 is 0 Å². The molecule has 1 unspecified atom stereocenters.